The Morgan fingerprint density at radius 3 is 2.81 bits per heavy atom. The van der Waals surface area contributed by atoms with Gasteiger partial charge in [-0.2, -0.15) is 0 Å². The average molecular weight is 369 g/mol. The predicted octanol–water partition coefficient (Wildman–Crippen LogP) is 2.85. The minimum atomic E-state index is -0.187. The summed E-state index contributed by atoms with van der Waals surface area (Å²) in [6.45, 7) is 4.22. The molecule has 0 saturated carbocycles. The summed E-state index contributed by atoms with van der Waals surface area (Å²) in [4.78, 5) is 11.2. The number of ether oxygens (including phenoxy) is 1. The molecule has 1 atom stereocenters. The molecule has 0 spiro atoms. The summed E-state index contributed by atoms with van der Waals surface area (Å²) in [6.07, 6.45) is 5.63. The summed E-state index contributed by atoms with van der Waals surface area (Å²) < 4.78 is 5.38. The Kier molecular flexibility index (Phi) is 6.42. The van der Waals surface area contributed by atoms with E-state index in [1.807, 2.05) is 12.1 Å². The minimum Gasteiger partial charge on any atom is -0.505 e. The Labute approximate surface area is 160 Å². The van der Waals surface area contributed by atoms with Crippen LogP contribution in [0, 0.1) is 6.92 Å². The second-order valence-corrected chi connectivity index (χ2v) is 6.82. The lowest BCUT2D eigenvalue weighted by molar-refractivity contribution is 0.251. The molecule has 1 aromatic carbocycles. The maximum atomic E-state index is 10.3. The number of aliphatic imine (C=N–C) groups is 1. The maximum Gasteiger partial charge on any atom is 0.145 e. The highest BCUT2D eigenvalue weighted by Gasteiger charge is 2.23. The molecule has 0 bridgehead atoms. The van der Waals surface area contributed by atoms with Gasteiger partial charge in [0.2, 0.25) is 0 Å². The normalized spacial score (nSPS) is 16.1. The molecule has 1 saturated heterocycles. The number of hydrogen-bond donors (Lipinski definition) is 2. The molecule has 2 N–H and O–H groups in total. The second-order valence-electron chi connectivity index (χ2n) is 6.82. The third-order valence-corrected chi connectivity index (χ3v) is 5.09. The van der Waals surface area contributed by atoms with Crippen LogP contribution in [0.1, 0.15) is 41.3 Å². The summed E-state index contributed by atoms with van der Waals surface area (Å²) in [6, 6.07) is 8.27. The van der Waals surface area contributed by atoms with E-state index in [4.69, 9.17) is 4.74 Å². The van der Waals surface area contributed by atoms with Crippen molar-refractivity contribution in [1.29, 1.82) is 0 Å². The van der Waals surface area contributed by atoms with Crippen molar-refractivity contribution in [1.82, 2.24) is 9.88 Å². The van der Waals surface area contributed by atoms with E-state index in [1.54, 1.807) is 26.4 Å². The Hall–Kier alpha value is -2.44. The standard InChI is InChI=1S/C21H27N3O3/c1-15-21(26)19(17(14-25)11-23-15)12-22-13-20(24-8-3-4-9-24)16-6-5-7-18(10-16)27-2/h5-7,10-12,20,25-26H,3-4,8-9,13-14H2,1-2H3/t20-/m1/s1. The van der Waals surface area contributed by atoms with Crippen molar-refractivity contribution < 1.29 is 14.9 Å². The number of aromatic hydroxyl groups is 1. The summed E-state index contributed by atoms with van der Waals surface area (Å²) in [7, 11) is 1.67. The quantitative estimate of drug-likeness (QED) is 0.734. The fourth-order valence-corrected chi connectivity index (χ4v) is 3.50. The number of hydrogen-bond acceptors (Lipinski definition) is 6. The van der Waals surface area contributed by atoms with E-state index in [2.05, 4.69) is 27.0 Å². The summed E-state index contributed by atoms with van der Waals surface area (Å²) in [5.41, 5.74) is 2.81. The molecular weight excluding hydrogens is 342 g/mol. The Morgan fingerprint density at radius 1 is 1.33 bits per heavy atom. The van der Waals surface area contributed by atoms with Crippen LogP contribution in [-0.2, 0) is 6.61 Å². The van der Waals surface area contributed by atoms with Crippen molar-refractivity contribution in [3.05, 3.63) is 52.8 Å². The molecule has 0 aliphatic carbocycles. The molecule has 2 aromatic rings. The van der Waals surface area contributed by atoms with Gasteiger partial charge in [-0.3, -0.25) is 14.9 Å². The van der Waals surface area contributed by atoms with E-state index >= 15 is 0 Å². The smallest absolute Gasteiger partial charge is 0.145 e. The van der Waals surface area contributed by atoms with E-state index in [9.17, 15) is 10.2 Å². The first kappa shape index (κ1) is 19.3. The van der Waals surface area contributed by atoms with Gasteiger partial charge in [-0.15, -0.1) is 0 Å². The summed E-state index contributed by atoms with van der Waals surface area (Å²) >= 11 is 0. The van der Waals surface area contributed by atoms with Crippen LogP contribution in [-0.4, -0.2) is 53.1 Å². The number of pyridine rings is 1. The van der Waals surface area contributed by atoms with Crippen LogP contribution in [0.4, 0.5) is 0 Å². The molecule has 1 aromatic heterocycles. The van der Waals surface area contributed by atoms with Crippen molar-refractivity contribution in [3.63, 3.8) is 0 Å². The predicted molar refractivity (Wildman–Crippen MR) is 106 cm³/mol. The molecule has 2 heterocycles. The number of rotatable bonds is 7. The first-order valence-electron chi connectivity index (χ1n) is 9.30. The third-order valence-electron chi connectivity index (χ3n) is 5.09. The van der Waals surface area contributed by atoms with Gasteiger partial charge in [0.05, 0.1) is 32.0 Å². The molecule has 1 fully saturated rings. The highest BCUT2D eigenvalue weighted by Crippen LogP contribution is 2.28. The number of aliphatic hydroxyl groups is 1. The van der Waals surface area contributed by atoms with Crippen molar-refractivity contribution in [3.8, 4) is 11.5 Å². The van der Waals surface area contributed by atoms with Gasteiger partial charge in [-0.1, -0.05) is 12.1 Å². The zero-order valence-electron chi connectivity index (χ0n) is 15.9. The number of nitrogens with zero attached hydrogens (tertiary/aromatic N) is 3. The fraction of sp³-hybridized carbons (Fsp3) is 0.429. The van der Waals surface area contributed by atoms with Gasteiger partial charge >= 0.3 is 0 Å². The molecule has 0 radical (unpaired) electrons. The lowest BCUT2D eigenvalue weighted by Crippen LogP contribution is -2.27. The van der Waals surface area contributed by atoms with Gasteiger partial charge in [0, 0.05) is 23.5 Å². The molecule has 1 aliphatic rings. The number of aryl methyl sites for hydroxylation is 1. The SMILES string of the molecule is COc1cccc([C@@H](CN=Cc2c(CO)cnc(C)c2O)N2CCCC2)c1. The lowest BCUT2D eigenvalue weighted by Gasteiger charge is -2.26. The van der Waals surface area contributed by atoms with E-state index in [0.717, 1.165) is 18.8 Å². The number of likely N-dealkylation sites (tertiary alicyclic amines) is 1. The van der Waals surface area contributed by atoms with Gasteiger partial charge in [-0.25, -0.2) is 0 Å². The van der Waals surface area contributed by atoms with Gasteiger partial charge in [0.15, 0.2) is 0 Å². The number of methoxy groups -OCH3 is 1. The van der Waals surface area contributed by atoms with Crippen molar-refractivity contribution in [2.45, 2.75) is 32.4 Å². The van der Waals surface area contributed by atoms with Crippen LogP contribution in [0.2, 0.25) is 0 Å². The van der Waals surface area contributed by atoms with Gasteiger partial charge in [-0.05, 0) is 50.6 Å². The summed E-state index contributed by atoms with van der Waals surface area (Å²) in [5, 5.41) is 19.8. The maximum absolute atomic E-state index is 10.3. The highest BCUT2D eigenvalue weighted by atomic mass is 16.5. The molecule has 6 heteroatoms. The van der Waals surface area contributed by atoms with Gasteiger partial charge in [0.1, 0.15) is 11.5 Å². The molecule has 144 valence electrons. The van der Waals surface area contributed by atoms with Crippen LogP contribution in [0.5, 0.6) is 11.5 Å². The molecule has 0 amide bonds. The molecular formula is C21H27N3O3. The topological polar surface area (TPSA) is 78.2 Å². The van der Waals surface area contributed by atoms with Gasteiger partial charge < -0.3 is 14.9 Å². The zero-order chi connectivity index (χ0) is 19.2. The Morgan fingerprint density at radius 2 is 2.11 bits per heavy atom. The van der Waals surface area contributed by atoms with Crippen LogP contribution in [0.3, 0.4) is 0 Å². The average Bonchev–Trinajstić information content (AvgIpc) is 3.22. The van der Waals surface area contributed by atoms with Crippen LogP contribution in [0.15, 0.2) is 35.5 Å². The number of benzene rings is 1. The number of aromatic nitrogens is 1. The summed E-state index contributed by atoms with van der Waals surface area (Å²) in [5.74, 6) is 0.912. The second kappa shape index (κ2) is 8.97. The Bertz CT molecular complexity index is 801. The first-order chi connectivity index (χ1) is 13.1. The highest BCUT2D eigenvalue weighted by molar-refractivity contribution is 5.85. The molecule has 0 unspecified atom stereocenters. The molecule has 1 aliphatic heterocycles. The van der Waals surface area contributed by atoms with Gasteiger partial charge in [0.25, 0.3) is 0 Å². The third kappa shape index (κ3) is 4.46. The minimum absolute atomic E-state index is 0.0735. The first-order valence-corrected chi connectivity index (χ1v) is 9.30. The number of aliphatic hydroxyl groups excluding tert-OH is 1. The van der Waals surface area contributed by atoms with E-state index in [-0.39, 0.29) is 18.4 Å². The van der Waals surface area contributed by atoms with Crippen LogP contribution in [0.25, 0.3) is 0 Å². The van der Waals surface area contributed by atoms with Crippen LogP contribution >= 0.6 is 0 Å². The largest absolute Gasteiger partial charge is 0.505 e. The van der Waals surface area contributed by atoms with E-state index in [1.165, 1.54) is 18.4 Å². The monoisotopic (exact) mass is 369 g/mol. The van der Waals surface area contributed by atoms with Crippen molar-refractivity contribution in [2.24, 2.45) is 4.99 Å². The molecule has 3 rings (SSSR count). The zero-order valence-corrected chi connectivity index (χ0v) is 15.9. The fourth-order valence-electron chi connectivity index (χ4n) is 3.50. The molecule has 6 nitrogen and oxygen atoms in total. The van der Waals surface area contributed by atoms with Crippen molar-refractivity contribution >= 4 is 6.21 Å². The van der Waals surface area contributed by atoms with E-state index < -0.39 is 0 Å². The Balaban J connectivity index is 1.85. The lowest BCUT2D eigenvalue weighted by atomic mass is 10.0. The van der Waals surface area contributed by atoms with Crippen LogP contribution < -0.4 is 4.74 Å². The molecule has 27 heavy (non-hydrogen) atoms. The van der Waals surface area contributed by atoms with E-state index in [0.29, 0.717) is 23.4 Å². The van der Waals surface area contributed by atoms with Crippen molar-refractivity contribution in [2.75, 3.05) is 26.7 Å².